The van der Waals surface area contributed by atoms with Crippen LogP contribution in [0.2, 0.25) is 0 Å². The fourth-order valence-corrected chi connectivity index (χ4v) is 0.638. The summed E-state index contributed by atoms with van der Waals surface area (Å²) in [6.07, 6.45) is -0.422. The average Bonchev–Trinajstić information content (AvgIpc) is 1.79. The van der Waals surface area contributed by atoms with Crippen molar-refractivity contribution >= 4 is 11.9 Å². The minimum absolute atomic E-state index is 0.0837. The van der Waals surface area contributed by atoms with Crippen LogP contribution in [0.4, 0.5) is 4.79 Å². The summed E-state index contributed by atoms with van der Waals surface area (Å²) in [6, 6.07) is 0. The number of nitrogens with zero attached hydrogens (tertiary/aromatic N) is 1. The summed E-state index contributed by atoms with van der Waals surface area (Å²) in [6.45, 7) is 0.430. The summed E-state index contributed by atoms with van der Waals surface area (Å²) in [5.41, 5.74) is 0. The van der Waals surface area contributed by atoms with Crippen LogP contribution in [0.25, 0.3) is 0 Å². The molecule has 1 amide bonds. The van der Waals surface area contributed by atoms with Gasteiger partial charge in [0.25, 0.3) is 0 Å². The molecule has 1 fully saturated rings. The summed E-state index contributed by atoms with van der Waals surface area (Å²) >= 11 is 0. The molecule has 0 saturated carbocycles. The van der Waals surface area contributed by atoms with Crippen molar-refractivity contribution in [2.75, 3.05) is 20.2 Å². The molecule has 0 aromatic heterocycles. The topological polar surface area (TPSA) is 46.6 Å². The van der Waals surface area contributed by atoms with Gasteiger partial charge in [-0.3, -0.25) is 9.69 Å². The number of ether oxygens (including phenoxy) is 1. The van der Waals surface area contributed by atoms with E-state index in [-0.39, 0.29) is 18.9 Å². The van der Waals surface area contributed by atoms with Crippen LogP contribution in [-0.4, -0.2) is 37.0 Å². The molecule has 0 bridgehead atoms. The standard InChI is InChI=1S/C5H7NO3/c1-9-5(8)6-2-4(7)3-6/h2-3H2,1H3. The smallest absolute Gasteiger partial charge is 0.410 e. The van der Waals surface area contributed by atoms with Gasteiger partial charge in [0.05, 0.1) is 20.2 Å². The molecule has 1 aliphatic rings. The zero-order valence-electron chi connectivity index (χ0n) is 5.09. The molecule has 1 aliphatic heterocycles. The average molecular weight is 129 g/mol. The maximum absolute atomic E-state index is 10.5. The number of carbonyl (C=O) groups is 2. The van der Waals surface area contributed by atoms with Gasteiger partial charge in [-0.2, -0.15) is 0 Å². The van der Waals surface area contributed by atoms with Crippen molar-refractivity contribution in [3.8, 4) is 0 Å². The highest BCUT2D eigenvalue weighted by atomic mass is 16.5. The Bertz CT molecular complexity index is 146. The third-order valence-electron chi connectivity index (χ3n) is 1.17. The van der Waals surface area contributed by atoms with Gasteiger partial charge >= 0.3 is 6.09 Å². The molecule has 1 rings (SSSR count). The van der Waals surface area contributed by atoms with Gasteiger partial charge in [-0.15, -0.1) is 0 Å². The van der Waals surface area contributed by atoms with Gasteiger partial charge < -0.3 is 4.74 Å². The predicted molar refractivity (Wildman–Crippen MR) is 29.0 cm³/mol. The highest BCUT2D eigenvalue weighted by molar-refractivity contribution is 5.94. The molecule has 4 nitrogen and oxygen atoms in total. The third-order valence-corrected chi connectivity index (χ3v) is 1.17. The number of rotatable bonds is 0. The normalized spacial score (nSPS) is 17.0. The first-order chi connectivity index (χ1) is 4.24. The van der Waals surface area contributed by atoms with Crippen molar-refractivity contribution in [2.45, 2.75) is 0 Å². The minimum Gasteiger partial charge on any atom is -0.453 e. The number of amides is 1. The molecular formula is C5H7NO3. The number of Topliss-reactive ketones (excluding diaryl/α,β-unsaturated/α-hetero) is 1. The molecule has 9 heavy (non-hydrogen) atoms. The Labute approximate surface area is 52.4 Å². The summed E-state index contributed by atoms with van der Waals surface area (Å²) in [7, 11) is 1.30. The monoisotopic (exact) mass is 129 g/mol. The van der Waals surface area contributed by atoms with Gasteiger partial charge in [0.2, 0.25) is 0 Å². The number of carbonyl (C=O) groups excluding carboxylic acids is 2. The van der Waals surface area contributed by atoms with Crippen LogP contribution in [-0.2, 0) is 9.53 Å². The molecule has 0 spiro atoms. The van der Waals surface area contributed by atoms with E-state index in [4.69, 9.17) is 0 Å². The number of likely N-dealkylation sites (tertiary alicyclic amines) is 1. The van der Waals surface area contributed by atoms with E-state index in [0.717, 1.165) is 0 Å². The Kier molecular flexibility index (Phi) is 1.38. The van der Waals surface area contributed by atoms with Crippen LogP contribution in [0.3, 0.4) is 0 Å². The number of hydrogen-bond donors (Lipinski definition) is 0. The minimum atomic E-state index is -0.422. The van der Waals surface area contributed by atoms with Gasteiger partial charge in [0.15, 0.2) is 5.78 Å². The Morgan fingerprint density at radius 3 is 2.56 bits per heavy atom. The molecule has 1 saturated heterocycles. The second-order valence-corrected chi connectivity index (χ2v) is 1.86. The molecule has 50 valence electrons. The van der Waals surface area contributed by atoms with Crippen molar-refractivity contribution < 1.29 is 14.3 Å². The SMILES string of the molecule is COC(=O)N1CC(=O)C1. The van der Waals surface area contributed by atoms with Gasteiger partial charge in [-0.1, -0.05) is 0 Å². The third kappa shape index (κ3) is 1.01. The molecule has 0 N–H and O–H groups in total. The Balaban J connectivity index is 2.31. The highest BCUT2D eigenvalue weighted by Crippen LogP contribution is 2.02. The highest BCUT2D eigenvalue weighted by Gasteiger charge is 2.28. The van der Waals surface area contributed by atoms with E-state index >= 15 is 0 Å². The molecule has 0 aromatic rings. The lowest BCUT2D eigenvalue weighted by Crippen LogP contribution is -2.50. The van der Waals surface area contributed by atoms with E-state index in [9.17, 15) is 9.59 Å². The number of hydrogen-bond acceptors (Lipinski definition) is 3. The van der Waals surface area contributed by atoms with Crippen LogP contribution in [0.1, 0.15) is 0 Å². The van der Waals surface area contributed by atoms with Crippen LogP contribution in [0.15, 0.2) is 0 Å². The molecule has 1 heterocycles. The molecule has 0 aliphatic carbocycles. The molecule has 4 heteroatoms. The van der Waals surface area contributed by atoms with Crippen molar-refractivity contribution in [3.63, 3.8) is 0 Å². The molecule has 0 radical (unpaired) electrons. The van der Waals surface area contributed by atoms with E-state index in [1.54, 1.807) is 0 Å². The first-order valence-electron chi connectivity index (χ1n) is 2.58. The second-order valence-electron chi connectivity index (χ2n) is 1.86. The Morgan fingerprint density at radius 1 is 1.67 bits per heavy atom. The van der Waals surface area contributed by atoms with Crippen LogP contribution >= 0.6 is 0 Å². The van der Waals surface area contributed by atoms with Gasteiger partial charge in [-0.25, -0.2) is 4.79 Å². The fraction of sp³-hybridized carbons (Fsp3) is 0.600. The summed E-state index contributed by atoms with van der Waals surface area (Å²) in [5.74, 6) is 0.0837. The fourth-order valence-electron chi connectivity index (χ4n) is 0.638. The Hall–Kier alpha value is -1.06. The molecule has 0 aromatic carbocycles. The first kappa shape index (κ1) is 6.07. The van der Waals surface area contributed by atoms with E-state index in [1.807, 2.05) is 0 Å². The molecular weight excluding hydrogens is 122 g/mol. The largest absolute Gasteiger partial charge is 0.453 e. The summed E-state index contributed by atoms with van der Waals surface area (Å²) in [4.78, 5) is 22.1. The van der Waals surface area contributed by atoms with E-state index in [1.165, 1.54) is 12.0 Å². The lowest BCUT2D eigenvalue weighted by atomic mass is 10.2. The maximum atomic E-state index is 10.5. The molecule has 0 unspecified atom stereocenters. The van der Waals surface area contributed by atoms with E-state index < -0.39 is 6.09 Å². The zero-order valence-corrected chi connectivity index (χ0v) is 5.09. The van der Waals surface area contributed by atoms with Gasteiger partial charge in [-0.05, 0) is 0 Å². The van der Waals surface area contributed by atoms with Gasteiger partial charge in [0, 0.05) is 0 Å². The first-order valence-corrected chi connectivity index (χ1v) is 2.58. The summed E-state index contributed by atoms with van der Waals surface area (Å²) in [5, 5.41) is 0. The van der Waals surface area contributed by atoms with Gasteiger partial charge in [0.1, 0.15) is 0 Å². The van der Waals surface area contributed by atoms with Crippen molar-refractivity contribution in [1.29, 1.82) is 0 Å². The second kappa shape index (κ2) is 2.05. The Morgan fingerprint density at radius 2 is 2.22 bits per heavy atom. The lowest BCUT2D eigenvalue weighted by Gasteiger charge is -2.27. The van der Waals surface area contributed by atoms with Crippen molar-refractivity contribution in [1.82, 2.24) is 4.90 Å². The predicted octanol–water partition coefficient (Wildman–Crippen LogP) is -0.363. The molecule has 0 atom stereocenters. The number of methoxy groups -OCH3 is 1. The van der Waals surface area contributed by atoms with Crippen LogP contribution < -0.4 is 0 Å². The van der Waals surface area contributed by atoms with E-state index in [2.05, 4.69) is 4.74 Å². The quantitative estimate of drug-likeness (QED) is 0.448. The van der Waals surface area contributed by atoms with Crippen LogP contribution in [0, 0.1) is 0 Å². The maximum Gasteiger partial charge on any atom is 0.410 e. The lowest BCUT2D eigenvalue weighted by molar-refractivity contribution is -0.127. The summed E-state index contributed by atoms with van der Waals surface area (Å²) < 4.78 is 4.34. The number of ketones is 1. The van der Waals surface area contributed by atoms with Crippen molar-refractivity contribution in [3.05, 3.63) is 0 Å². The van der Waals surface area contributed by atoms with Crippen LogP contribution in [0.5, 0.6) is 0 Å². The van der Waals surface area contributed by atoms with E-state index in [0.29, 0.717) is 0 Å². The zero-order chi connectivity index (χ0) is 6.85. The van der Waals surface area contributed by atoms with Crippen molar-refractivity contribution in [2.24, 2.45) is 0 Å².